The number of amides is 1. The average Bonchev–Trinajstić information content (AvgIpc) is 2.73. The van der Waals surface area contributed by atoms with Crippen molar-refractivity contribution < 1.29 is 14.3 Å². The number of nitrogens with one attached hydrogen (secondary N) is 1. The summed E-state index contributed by atoms with van der Waals surface area (Å²) in [4.78, 5) is 23.2. The second kappa shape index (κ2) is 6.81. The highest BCUT2D eigenvalue weighted by Crippen LogP contribution is 2.27. The van der Waals surface area contributed by atoms with Gasteiger partial charge in [0.05, 0.1) is 12.6 Å². The van der Waals surface area contributed by atoms with Crippen molar-refractivity contribution in [3.05, 3.63) is 0 Å². The maximum Gasteiger partial charge on any atom is 0.328 e. The van der Waals surface area contributed by atoms with Gasteiger partial charge in [0.25, 0.3) is 0 Å². The van der Waals surface area contributed by atoms with E-state index in [-0.39, 0.29) is 18.3 Å². The molecule has 0 aromatic heterocycles. The van der Waals surface area contributed by atoms with Gasteiger partial charge in [-0.25, -0.2) is 4.79 Å². The summed E-state index contributed by atoms with van der Waals surface area (Å²) in [5, 5.41) is 2.66. The molecule has 0 saturated heterocycles. The molecule has 0 bridgehead atoms. The molecule has 1 saturated carbocycles. The first-order valence-electron chi connectivity index (χ1n) is 5.71. The van der Waals surface area contributed by atoms with Gasteiger partial charge < -0.3 is 15.8 Å². The second-order valence-corrected chi connectivity index (χ2v) is 4.32. The fourth-order valence-corrected chi connectivity index (χ4v) is 2.00. The number of methoxy groups -OCH3 is 1. The van der Waals surface area contributed by atoms with Crippen molar-refractivity contribution in [2.45, 2.75) is 50.6 Å². The molecule has 1 unspecified atom stereocenters. The quantitative estimate of drug-likeness (QED) is 0.734. The molecule has 5 nitrogen and oxygen atoms in total. The molecule has 1 aliphatic rings. The molecule has 1 amide bonds. The van der Waals surface area contributed by atoms with Crippen molar-refractivity contribution in [3.8, 4) is 0 Å². The molecule has 6 heteroatoms. The summed E-state index contributed by atoms with van der Waals surface area (Å²) >= 11 is 0. The Hall–Kier alpha value is -0.810. The number of nitrogens with two attached hydrogens (primary N) is 1. The van der Waals surface area contributed by atoms with Gasteiger partial charge in [-0.3, -0.25) is 4.79 Å². The number of hydrogen-bond acceptors (Lipinski definition) is 4. The zero-order valence-electron chi connectivity index (χ0n) is 10.3. The van der Waals surface area contributed by atoms with E-state index < -0.39 is 17.6 Å². The summed E-state index contributed by atoms with van der Waals surface area (Å²) < 4.78 is 4.61. The normalized spacial score (nSPS) is 19.0. The highest BCUT2D eigenvalue weighted by molar-refractivity contribution is 5.90. The van der Waals surface area contributed by atoms with Crippen LogP contribution in [0.15, 0.2) is 0 Å². The smallest absolute Gasteiger partial charge is 0.328 e. The molecule has 1 aliphatic carbocycles. The van der Waals surface area contributed by atoms with Crippen molar-refractivity contribution in [3.63, 3.8) is 0 Å². The maximum atomic E-state index is 11.9. The molecule has 0 spiro atoms. The maximum absolute atomic E-state index is 11.9. The monoisotopic (exact) mass is 264 g/mol. The van der Waals surface area contributed by atoms with E-state index >= 15 is 0 Å². The Balaban J connectivity index is 0.00000256. The van der Waals surface area contributed by atoms with Crippen LogP contribution >= 0.6 is 12.4 Å². The zero-order valence-corrected chi connectivity index (χ0v) is 11.1. The minimum Gasteiger partial charge on any atom is -0.467 e. The number of halogens is 1. The van der Waals surface area contributed by atoms with Gasteiger partial charge >= 0.3 is 5.97 Å². The lowest BCUT2D eigenvalue weighted by atomic mass is 9.97. The van der Waals surface area contributed by atoms with Crippen molar-refractivity contribution in [2.75, 3.05) is 7.11 Å². The van der Waals surface area contributed by atoms with E-state index in [1.807, 2.05) is 6.92 Å². The number of ether oxygens (including phenoxy) is 1. The lowest BCUT2D eigenvalue weighted by Crippen LogP contribution is -2.56. The Bertz CT molecular complexity index is 278. The van der Waals surface area contributed by atoms with E-state index in [2.05, 4.69) is 10.1 Å². The Labute approximate surface area is 108 Å². The minimum absolute atomic E-state index is 0. The summed E-state index contributed by atoms with van der Waals surface area (Å²) in [6.07, 6.45) is 3.83. The summed E-state index contributed by atoms with van der Waals surface area (Å²) in [6, 6.07) is -0.585. The van der Waals surface area contributed by atoms with E-state index in [4.69, 9.17) is 5.73 Å². The molecule has 3 N–H and O–H groups in total. The molecule has 0 heterocycles. The van der Waals surface area contributed by atoms with Gasteiger partial charge in [-0.05, 0) is 19.3 Å². The largest absolute Gasteiger partial charge is 0.467 e. The van der Waals surface area contributed by atoms with Crippen LogP contribution in [0.4, 0.5) is 0 Å². The first-order valence-corrected chi connectivity index (χ1v) is 5.71. The molecule has 0 aliphatic heterocycles. The van der Waals surface area contributed by atoms with Gasteiger partial charge in [-0.2, -0.15) is 0 Å². The van der Waals surface area contributed by atoms with Crippen LogP contribution in [0, 0.1) is 0 Å². The summed E-state index contributed by atoms with van der Waals surface area (Å²) in [6.45, 7) is 1.82. The second-order valence-electron chi connectivity index (χ2n) is 4.32. The molecule has 0 aromatic rings. The van der Waals surface area contributed by atoms with Crippen LogP contribution in [0.3, 0.4) is 0 Å². The Morgan fingerprint density at radius 1 is 1.41 bits per heavy atom. The predicted octanol–water partition coefficient (Wildman–Crippen LogP) is 0.747. The first-order chi connectivity index (χ1) is 7.53. The number of carbonyl (C=O) groups excluding carboxylic acids is 2. The van der Waals surface area contributed by atoms with Crippen molar-refractivity contribution in [1.29, 1.82) is 0 Å². The van der Waals surface area contributed by atoms with Crippen LogP contribution in [0.1, 0.15) is 39.0 Å². The standard InChI is InChI=1S/C11H20N2O3.ClH/c1-3-8(9(14)16-2)13-10(15)11(12)6-4-5-7-11;/h8H,3-7,12H2,1-2H3,(H,13,15);1H. The lowest BCUT2D eigenvalue weighted by molar-refractivity contribution is -0.145. The highest BCUT2D eigenvalue weighted by Gasteiger charge is 2.38. The van der Waals surface area contributed by atoms with E-state index in [0.717, 1.165) is 12.8 Å². The lowest BCUT2D eigenvalue weighted by Gasteiger charge is -2.25. The predicted molar refractivity (Wildman–Crippen MR) is 66.9 cm³/mol. The first kappa shape index (κ1) is 16.2. The fraction of sp³-hybridized carbons (Fsp3) is 0.818. The molecule has 1 fully saturated rings. The molecular weight excluding hydrogens is 244 g/mol. The molecular formula is C11H21ClN2O3. The number of esters is 1. The summed E-state index contributed by atoms with van der Waals surface area (Å²) in [7, 11) is 1.31. The summed E-state index contributed by atoms with van der Waals surface area (Å²) in [5.74, 6) is -0.653. The molecule has 1 rings (SSSR count). The Kier molecular flexibility index (Phi) is 6.49. The van der Waals surface area contributed by atoms with Gasteiger partial charge in [0.2, 0.25) is 5.91 Å². The third-order valence-corrected chi connectivity index (χ3v) is 3.15. The van der Waals surface area contributed by atoms with Gasteiger partial charge in [0.1, 0.15) is 6.04 Å². The Morgan fingerprint density at radius 3 is 2.35 bits per heavy atom. The molecule has 0 aromatic carbocycles. The number of rotatable bonds is 4. The van der Waals surface area contributed by atoms with Crippen molar-refractivity contribution in [1.82, 2.24) is 5.32 Å². The molecule has 0 radical (unpaired) electrons. The van der Waals surface area contributed by atoms with Gasteiger partial charge in [0.15, 0.2) is 0 Å². The van der Waals surface area contributed by atoms with Crippen LogP contribution in [-0.2, 0) is 14.3 Å². The van der Waals surface area contributed by atoms with E-state index in [9.17, 15) is 9.59 Å². The van der Waals surface area contributed by atoms with Gasteiger partial charge in [-0.15, -0.1) is 12.4 Å². The van der Waals surface area contributed by atoms with Crippen LogP contribution in [0.5, 0.6) is 0 Å². The minimum atomic E-state index is -0.790. The zero-order chi connectivity index (χ0) is 12.2. The third-order valence-electron chi connectivity index (χ3n) is 3.15. The average molecular weight is 265 g/mol. The van der Waals surface area contributed by atoms with Crippen molar-refractivity contribution >= 4 is 24.3 Å². The van der Waals surface area contributed by atoms with E-state index in [1.54, 1.807) is 0 Å². The van der Waals surface area contributed by atoms with E-state index in [1.165, 1.54) is 7.11 Å². The van der Waals surface area contributed by atoms with Gasteiger partial charge in [0, 0.05) is 0 Å². The van der Waals surface area contributed by atoms with Crippen LogP contribution in [0.25, 0.3) is 0 Å². The Morgan fingerprint density at radius 2 is 1.94 bits per heavy atom. The number of hydrogen-bond donors (Lipinski definition) is 2. The topological polar surface area (TPSA) is 81.4 Å². The fourth-order valence-electron chi connectivity index (χ4n) is 2.00. The van der Waals surface area contributed by atoms with E-state index in [0.29, 0.717) is 19.3 Å². The van der Waals surface area contributed by atoms with Crippen LogP contribution in [0.2, 0.25) is 0 Å². The highest BCUT2D eigenvalue weighted by atomic mass is 35.5. The third kappa shape index (κ3) is 3.85. The van der Waals surface area contributed by atoms with Crippen LogP contribution in [-0.4, -0.2) is 30.6 Å². The van der Waals surface area contributed by atoms with Crippen LogP contribution < -0.4 is 11.1 Å². The summed E-state index contributed by atoms with van der Waals surface area (Å²) in [5.41, 5.74) is 5.19. The van der Waals surface area contributed by atoms with Crippen molar-refractivity contribution in [2.24, 2.45) is 5.73 Å². The van der Waals surface area contributed by atoms with Gasteiger partial charge in [-0.1, -0.05) is 19.8 Å². The SMILES string of the molecule is CCC(NC(=O)C1(N)CCCC1)C(=O)OC.Cl. The molecule has 100 valence electrons. The molecule has 17 heavy (non-hydrogen) atoms. The number of carbonyl (C=O) groups is 2. The molecule has 1 atom stereocenters.